The second-order valence-corrected chi connectivity index (χ2v) is 5.22. The lowest BCUT2D eigenvalue weighted by atomic mass is 10.2. The monoisotopic (exact) mass is 262 g/mol. The average Bonchev–Trinajstić information content (AvgIpc) is 2.91. The molecule has 19 heavy (non-hydrogen) atoms. The molecule has 1 aromatic heterocycles. The lowest BCUT2D eigenvalue weighted by Crippen LogP contribution is -2.39. The Kier molecular flexibility index (Phi) is 5.31. The van der Waals surface area contributed by atoms with Crippen molar-refractivity contribution in [2.24, 2.45) is 10.9 Å². The van der Waals surface area contributed by atoms with E-state index in [0.717, 1.165) is 31.5 Å². The van der Waals surface area contributed by atoms with E-state index in [4.69, 9.17) is 0 Å². The summed E-state index contributed by atoms with van der Waals surface area (Å²) in [6, 6.07) is 4.74. The van der Waals surface area contributed by atoms with Gasteiger partial charge in [0, 0.05) is 31.5 Å². The third-order valence-electron chi connectivity index (χ3n) is 3.54. The number of hydrogen-bond donors (Lipinski definition) is 2. The van der Waals surface area contributed by atoms with Crippen LogP contribution in [0.3, 0.4) is 0 Å². The number of aromatic nitrogens is 1. The Morgan fingerprint density at radius 3 is 2.79 bits per heavy atom. The predicted octanol–water partition coefficient (Wildman–Crippen LogP) is 2.23. The topological polar surface area (TPSA) is 41.4 Å². The van der Waals surface area contributed by atoms with Crippen molar-refractivity contribution in [2.45, 2.75) is 45.7 Å². The first-order valence-corrected chi connectivity index (χ1v) is 7.49. The molecule has 0 amide bonds. The van der Waals surface area contributed by atoms with Crippen molar-refractivity contribution < 1.29 is 0 Å². The molecular weight excluding hydrogens is 236 g/mol. The summed E-state index contributed by atoms with van der Waals surface area (Å²) in [6.07, 6.45) is 8.07. The van der Waals surface area contributed by atoms with Gasteiger partial charge in [-0.05, 0) is 37.8 Å². The maximum atomic E-state index is 4.64. The quantitative estimate of drug-likeness (QED) is 0.584. The van der Waals surface area contributed by atoms with Gasteiger partial charge in [-0.2, -0.15) is 0 Å². The molecule has 1 aromatic rings. The molecule has 1 saturated carbocycles. The van der Waals surface area contributed by atoms with Crippen LogP contribution in [0.1, 0.15) is 33.1 Å². The largest absolute Gasteiger partial charge is 0.357 e. The molecule has 1 aliphatic rings. The van der Waals surface area contributed by atoms with Crippen molar-refractivity contribution in [3.63, 3.8) is 0 Å². The number of nitrogens with one attached hydrogen (secondary N) is 2. The van der Waals surface area contributed by atoms with E-state index in [1.165, 1.54) is 19.3 Å². The van der Waals surface area contributed by atoms with Crippen LogP contribution in [0.5, 0.6) is 0 Å². The maximum absolute atomic E-state index is 4.64. The fourth-order valence-corrected chi connectivity index (χ4v) is 2.41. The molecule has 0 aliphatic heterocycles. The van der Waals surface area contributed by atoms with Gasteiger partial charge in [-0.25, -0.2) is 0 Å². The van der Waals surface area contributed by atoms with E-state index in [1.807, 2.05) is 12.1 Å². The minimum absolute atomic E-state index is 0.643. The zero-order chi connectivity index (χ0) is 13.5. The molecule has 2 N–H and O–H groups in total. The second kappa shape index (κ2) is 7.22. The van der Waals surface area contributed by atoms with E-state index in [-0.39, 0.29) is 0 Å². The molecule has 1 fully saturated rings. The predicted molar refractivity (Wildman–Crippen MR) is 80.3 cm³/mol. The summed E-state index contributed by atoms with van der Waals surface area (Å²) in [4.78, 5) is 4.64. The Hall–Kier alpha value is -1.45. The molecule has 1 heterocycles. The Morgan fingerprint density at radius 1 is 1.32 bits per heavy atom. The highest BCUT2D eigenvalue weighted by molar-refractivity contribution is 5.80. The molecule has 2 atom stereocenters. The van der Waals surface area contributed by atoms with Gasteiger partial charge in [0.2, 0.25) is 0 Å². The Labute approximate surface area is 116 Å². The van der Waals surface area contributed by atoms with Crippen molar-refractivity contribution in [2.75, 3.05) is 13.1 Å². The van der Waals surface area contributed by atoms with Gasteiger partial charge >= 0.3 is 0 Å². The van der Waals surface area contributed by atoms with Gasteiger partial charge in [-0.3, -0.25) is 4.99 Å². The summed E-state index contributed by atoms with van der Waals surface area (Å²) >= 11 is 0. The summed E-state index contributed by atoms with van der Waals surface area (Å²) in [5.41, 5.74) is 0. The first-order chi connectivity index (χ1) is 9.33. The van der Waals surface area contributed by atoms with Gasteiger partial charge in [0.15, 0.2) is 5.96 Å². The first kappa shape index (κ1) is 14.0. The summed E-state index contributed by atoms with van der Waals surface area (Å²) in [7, 11) is 0. The molecule has 106 valence electrons. The molecule has 0 spiro atoms. The fourth-order valence-electron chi connectivity index (χ4n) is 2.41. The van der Waals surface area contributed by atoms with E-state index >= 15 is 0 Å². The lowest BCUT2D eigenvalue weighted by Gasteiger charge is -2.11. The second-order valence-electron chi connectivity index (χ2n) is 5.22. The van der Waals surface area contributed by atoms with Crippen LogP contribution in [0.2, 0.25) is 0 Å². The van der Waals surface area contributed by atoms with Crippen LogP contribution in [0.25, 0.3) is 0 Å². The Morgan fingerprint density at radius 2 is 2.11 bits per heavy atom. The van der Waals surface area contributed by atoms with Crippen molar-refractivity contribution in [3.8, 4) is 0 Å². The number of nitrogens with zero attached hydrogens (tertiary/aromatic N) is 2. The molecule has 4 nitrogen and oxygen atoms in total. The number of guanidine groups is 1. The number of aliphatic imine (C=N–C) groups is 1. The zero-order valence-electron chi connectivity index (χ0n) is 12.1. The average molecular weight is 262 g/mol. The van der Waals surface area contributed by atoms with Gasteiger partial charge in [0.05, 0.1) is 6.54 Å². The van der Waals surface area contributed by atoms with E-state index in [9.17, 15) is 0 Å². The molecule has 2 rings (SSSR count). The van der Waals surface area contributed by atoms with Crippen LogP contribution in [-0.4, -0.2) is 29.7 Å². The third kappa shape index (κ3) is 4.62. The van der Waals surface area contributed by atoms with Gasteiger partial charge in [-0.15, -0.1) is 0 Å². The Balaban J connectivity index is 1.75. The highest BCUT2D eigenvalue weighted by atomic mass is 15.2. The SMILES string of the molecule is CCCC1CC1NC(=NCCn1cccc1)NCC. The zero-order valence-corrected chi connectivity index (χ0v) is 12.1. The van der Waals surface area contributed by atoms with Gasteiger partial charge in [0.25, 0.3) is 0 Å². The minimum atomic E-state index is 0.643. The van der Waals surface area contributed by atoms with Crippen molar-refractivity contribution >= 4 is 5.96 Å². The van der Waals surface area contributed by atoms with Crippen LogP contribution in [0.4, 0.5) is 0 Å². The third-order valence-corrected chi connectivity index (χ3v) is 3.54. The molecule has 0 saturated heterocycles. The molecule has 1 aliphatic carbocycles. The maximum Gasteiger partial charge on any atom is 0.191 e. The summed E-state index contributed by atoms with van der Waals surface area (Å²) in [5.74, 6) is 1.83. The highest BCUT2D eigenvalue weighted by Crippen LogP contribution is 2.34. The Bertz CT molecular complexity index is 383. The molecule has 0 radical (unpaired) electrons. The van der Waals surface area contributed by atoms with Gasteiger partial charge in [-0.1, -0.05) is 13.3 Å². The first-order valence-electron chi connectivity index (χ1n) is 7.49. The van der Waals surface area contributed by atoms with Gasteiger partial charge in [0.1, 0.15) is 0 Å². The van der Waals surface area contributed by atoms with Crippen molar-refractivity contribution in [3.05, 3.63) is 24.5 Å². The van der Waals surface area contributed by atoms with E-state index in [0.29, 0.717) is 6.04 Å². The fraction of sp³-hybridized carbons (Fsp3) is 0.667. The molecule has 4 heteroatoms. The lowest BCUT2D eigenvalue weighted by molar-refractivity contribution is 0.652. The van der Waals surface area contributed by atoms with E-state index in [2.05, 4.69) is 46.4 Å². The van der Waals surface area contributed by atoms with Crippen LogP contribution < -0.4 is 10.6 Å². The van der Waals surface area contributed by atoms with Gasteiger partial charge < -0.3 is 15.2 Å². The molecule has 0 bridgehead atoms. The highest BCUT2D eigenvalue weighted by Gasteiger charge is 2.36. The number of hydrogen-bond acceptors (Lipinski definition) is 1. The van der Waals surface area contributed by atoms with Crippen molar-refractivity contribution in [1.29, 1.82) is 0 Å². The molecular formula is C15H26N4. The molecule has 2 unspecified atom stereocenters. The van der Waals surface area contributed by atoms with Crippen LogP contribution >= 0.6 is 0 Å². The smallest absolute Gasteiger partial charge is 0.191 e. The minimum Gasteiger partial charge on any atom is -0.357 e. The summed E-state index contributed by atoms with van der Waals surface area (Å²) in [6.45, 7) is 7.04. The van der Waals surface area contributed by atoms with E-state index < -0.39 is 0 Å². The molecule has 0 aromatic carbocycles. The number of rotatable bonds is 7. The van der Waals surface area contributed by atoms with Crippen LogP contribution in [-0.2, 0) is 6.54 Å². The summed E-state index contributed by atoms with van der Waals surface area (Å²) in [5, 5.41) is 6.86. The van der Waals surface area contributed by atoms with E-state index in [1.54, 1.807) is 0 Å². The standard InChI is InChI=1S/C15H26N4/c1-3-7-13-12-14(13)18-15(16-4-2)17-8-11-19-9-5-6-10-19/h5-6,9-10,13-14H,3-4,7-8,11-12H2,1-2H3,(H2,16,17,18). The summed E-state index contributed by atoms with van der Waals surface area (Å²) < 4.78 is 2.16. The van der Waals surface area contributed by atoms with Crippen molar-refractivity contribution in [1.82, 2.24) is 15.2 Å². The van der Waals surface area contributed by atoms with Crippen LogP contribution in [0, 0.1) is 5.92 Å². The van der Waals surface area contributed by atoms with Crippen LogP contribution in [0.15, 0.2) is 29.5 Å². The normalized spacial score (nSPS) is 22.3.